The molecule has 0 heterocycles. The van der Waals surface area contributed by atoms with Crippen molar-refractivity contribution in [3.05, 3.63) is 59.7 Å². The van der Waals surface area contributed by atoms with Gasteiger partial charge in [0.25, 0.3) is 0 Å². The Balaban J connectivity index is 1.96. The highest BCUT2D eigenvalue weighted by Crippen LogP contribution is 2.17. The van der Waals surface area contributed by atoms with Crippen molar-refractivity contribution in [3.63, 3.8) is 0 Å². The summed E-state index contributed by atoms with van der Waals surface area (Å²) in [6.45, 7) is 3.91. The van der Waals surface area contributed by atoms with Gasteiger partial charge in [0.05, 0.1) is 12.5 Å². The van der Waals surface area contributed by atoms with Crippen molar-refractivity contribution in [1.29, 1.82) is 0 Å². The van der Waals surface area contributed by atoms with E-state index in [2.05, 4.69) is 5.32 Å². The van der Waals surface area contributed by atoms with Gasteiger partial charge in [0.15, 0.2) is 0 Å². The molecule has 5 nitrogen and oxygen atoms in total. The highest BCUT2D eigenvalue weighted by molar-refractivity contribution is 5.92. The zero-order valence-electron chi connectivity index (χ0n) is 14.5. The average Bonchev–Trinajstić information content (AvgIpc) is 2.53. The molecule has 0 atom stereocenters. The Labute approximate surface area is 147 Å². The number of aryl methyl sites for hydroxylation is 1. The first kappa shape index (κ1) is 18.5. The molecular weight excluding hydrogens is 318 g/mol. The van der Waals surface area contributed by atoms with Crippen LogP contribution in [0.3, 0.4) is 0 Å². The molecule has 0 saturated carbocycles. The number of rotatable bonds is 8. The summed E-state index contributed by atoms with van der Waals surface area (Å²) in [5, 5.41) is 11.6. The summed E-state index contributed by atoms with van der Waals surface area (Å²) in [5.74, 6) is -0.217. The molecule has 0 saturated heterocycles. The van der Waals surface area contributed by atoms with E-state index >= 15 is 0 Å². The minimum atomic E-state index is -0.835. The normalized spacial score (nSPS) is 10.5. The zero-order chi connectivity index (χ0) is 18.2. The lowest BCUT2D eigenvalue weighted by atomic mass is 10.1. The van der Waals surface area contributed by atoms with E-state index in [9.17, 15) is 9.59 Å². The van der Waals surface area contributed by atoms with Crippen LogP contribution in [0.5, 0.6) is 5.75 Å². The number of carbonyl (C=O) groups is 2. The van der Waals surface area contributed by atoms with Crippen molar-refractivity contribution in [3.8, 4) is 5.75 Å². The van der Waals surface area contributed by atoms with Crippen LogP contribution < -0.4 is 10.1 Å². The Hall–Kier alpha value is -2.82. The van der Waals surface area contributed by atoms with Crippen molar-refractivity contribution < 1.29 is 19.4 Å². The number of aliphatic carboxylic acids is 1. The standard InChI is InChI=1S/C20H23NO4/c1-14(2)25-18-8-4-6-16(12-18)13-19(22)21-17-7-3-5-15(11-17)9-10-20(23)24/h3-8,11-12,14H,9-10,13H2,1-2H3,(H,21,22)(H,23,24). The summed E-state index contributed by atoms with van der Waals surface area (Å²) >= 11 is 0. The van der Waals surface area contributed by atoms with E-state index in [4.69, 9.17) is 9.84 Å². The second-order valence-corrected chi connectivity index (χ2v) is 6.13. The first-order chi connectivity index (χ1) is 11.9. The summed E-state index contributed by atoms with van der Waals surface area (Å²) < 4.78 is 5.64. The molecule has 0 fully saturated rings. The van der Waals surface area contributed by atoms with E-state index in [-0.39, 0.29) is 24.9 Å². The number of hydrogen-bond donors (Lipinski definition) is 2. The Morgan fingerprint density at radius 2 is 1.80 bits per heavy atom. The van der Waals surface area contributed by atoms with Crippen LogP contribution in [0.4, 0.5) is 5.69 Å². The van der Waals surface area contributed by atoms with Gasteiger partial charge in [0, 0.05) is 12.1 Å². The van der Waals surface area contributed by atoms with Crippen LogP contribution in [0, 0.1) is 0 Å². The summed E-state index contributed by atoms with van der Waals surface area (Å²) in [5.41, 5.74) is 2.42. The molecule has 2 aromatic rings. The molecule has 2 rings (SSSR count). The van der Waals surface area contributed by atoms with Crippen molar-refractivity contribution >= 4 is 17.6 Å². The first-order valence-corrected chi connectivity index (χ1v) is 8.28. The largest absolute Gasteiger partial charge is 0.491 e. The Morgan fingerprint density at radius 1 is 1.08 bits per heavy atom. The third-order valence-electron chi connectivity index (χ3n) is 3.47. The number of carboxylic acids is 1. The van der Waals surface area contributed by atoms with Crippen molar-refractivity contribution in [1.82, 2.24) is 0 Å². The van der Waals surface area contributed by atoms with Gasteiger partial charge >= 0.3 is 5.97 Å². The van der Waals surface area contributed by atoms with E-state index < -0.39 is 5.97 Å². The maximum absolute atomic E-state index is 12.2. The topological polar surface area (TPSA) is 75.6 Å². The monoisotopic (exact) mass is 341 g/mol. The number of ether oxygens (including phenoxy) is 1. The Bertz CT molecular complexity index is 740. The maximum atomic E-state index is 12.2. The van der Waals surface area contributed by atoms with Crippen LogP contribution in [-0.2, 0) is 22.4 Å². The smallest absolute Gasteiger partial charge is 0.303 e. The molecule has 2 N–H and O–H groups in total. The molecule has 5 heteroatoms. The quantitative estimate of drug-likeness (QED) is 0.768. The average molecular weight is 341 g/mol. The van der Waals surface area contributed by atoms with E-state index in [0.29, 0.717) is 12.1 Å². The fourth-order valence-electron chi connectivity index (χ4n) is 2.45. The van der Waals surface area contributed by atoms with Gasteiger partial charge in [-0.2, -0.15) is 0 Å². The van der Waals surface area contributed by atoms with Gasteiger partial charge in [-0.15, -0.1) is 0 Å². The molecule has 1 amide bonds. The predicted molar refractivity (Wildman–Crippen MR) is 96.9 cm³/mol. The van der Waals surface area contributed by atoms with E-state index in [1.165, 1.54) is 0 Å². The third kappa shape index (κ3) is 6.67. The highest BCUT2D eigenvalue weighted by Gasteiger charge is 2.07. The van der Waals surface area contributed by atoms with Crippen molar-refractivity contribution in [2.75, 3.05) is 5.32 Å². The van der Waals surface area contributed by atoms with Crippen LogP contribution in [0.1, 0.15) is 31.4 Å². The number of hydrogen-bond acceptors (Lipinski definition) is 3. The summed E-state index contributed by atoms with van der Waals surface area (Å²) in [6.07, 6.45) is 0.833. The molecule has 0 aliphatic rings. The molecule has 0 spiro atoms. The molecule has 25 heavy (non-hydrogen) atoms. The minimum absolute atomic E-state index is 0.0695. The number of carboxylic acid groups (broad SMARTS) is 1. The van der Waals surface area contributed by atoms with Crippen LogP contribution in [0.25, 0.3) is 0 Å². The molecule has 0 radical (unpaired) electrons. The molecule has 0 aromatic heterocycles. The second-order valence-electron chi connectivity index (χ2n) is 6.13. The van der Waals surface area contributed by atoms with Gasteiger partial charge in [-0.05, 0) is 55.7 Å². The Morgan fingerprint density at radius 3 is 2.52 bits per heavy atom. The van der Waals surface area contributed by atoms with Crippen molar-refractivity contribution in [2.24, 2.45) is 0 Å². The lowest BCUT2D eigenvalue weighted by Crippen LogP contribution is -2.14. The zero-order valence-corrected chi connectivity index (χ0v) is 14.5. The lowest BCUT2D eigenvalue weighted by molar-refractivity contribution is -0.137. The van der Waals surface area contributed by atoms with Gasteiger partial charge in [-0.3, -0.25) is 9.59 Å². The van der Waals surface area contributed by atoms with E-state index in [1.807, 2.05) is 50.2 Å². The number of nitrogens with one attached hydrogen (secondary N) is 1. The van der Waals surface area contributed by atoms with E-state index in [1.54, 1.807) is 12.1 Å². The molecule has 0 aliphatic carbocycles. The fraction of sp³-hybridized carbons (Fsp3) is 0.300. The van der Waals surface area contributed by atoms with Crippen LogP contribution in [-0.4, -0.2) is 23.1 Å². The molecule has 0 bridgehead atoms. The lowest BCUT2D eigenvalue weighted by Gasteiger charge is -2.11. The number of amides is 1. The van der Waals surface area contributed by atoms with Crippen LogP contribution in [0.2, 0.25) is 0 Å². The predicted octanol–water partition coefficient (Wildman–Crippen LogP) is 3.67. The van der Waals surface area contributed by atoms with Crippen LogP contribution in [0.15, 0.2) is 48.5 Å². The second kappa shape index (κ2) is 8.87. The van der Waals surface area contributed by atoms with Gasteiger partial charge in [-0.1, -0.05) is 24.3 Å². The van der Waals surface area contributed by atoms with Gasteiger partial charge in [-0.25, -0.2) is 0 Å². The fourth-order valence-corrected chi connectivity index (χ4v) is 2.45. The summed E-state index contributed by atoms with van der Waals surface area (Å²) in [4.78, 5) is 22.9. The number of carbonyl (C=O) groups excluding carboxylic acids is 1. The molecule has 132 valence electrons. The van der Waals surface area contributed by atoms with Gasteiger partial charge < -0.3 is 15.2 Å². The van der Waals surface area contributed by atoms with Crippen LogP contribution >= 0.6 is 0 Å². The molecule has 0 aliphatic heterocycles. The summed E-state index contributed by atoms with van der Waals surface area (Å²) in [6, 6.07) is 14.7. The maximum Gasteiger partial charge on any atom is 0.303 e. The van der Waals surface area contributed by atoms with Gasteiger partial charge in [0.1, 0.15) is 5.75 Å². The summed E-state index contributed by atoms with van der Waals surface area (Å²) in [7, 11) is 0. The van der Waals surface area contributed by atoms with Gasteiger partial charge in [0.2, 0.25) is 5.91 Å². The SMILES string of the molecule is CC(C)Oc1cccc(CC(=O)Nc2cccc(CCC(=O)O)c2)c1. The number of benzene rings is 2. The number of anilines is 1. The molecular formula is C20H23NO4. The molecule has 2 aromatic carbocycles. The highest BCUT2D eigenvalue weighted by atomic mass is 16.5. The van der Waals surface area contributed by atoms with E-state index in [0.717, 1.165) is 16.9 Å². The Kier molecular flexibility index (Phi) is 6.57. The van der Waals surface area contributed by atoms with Crippen molar-refractivity contribution in [2.45, 2.75) is 39.2 Å². The third-order valence-corrected chi connectivity index (χ3v) is 3.47. The minimum Gasteiger partial charge on any atom is -0.491 e. The first-order valence-electron chi connectivity index (χ1n) is 8.28. The molecule has 0 unspecified atom stereocenters.